The number of hydrogen-bond donors (Lipinski definition) is 4. The molecule has 0 amide bonds. The third kappa shape index (κ3) is 10.00. The van der Waals surface area contributed by atoms with Crippen molar-refractivity contribution in [2.75, 3.05) is 29.1 Å². The largest absolute Gasteiger partial charge is 0.457 e. The third-order valence-corrected chi connectivity index (χ3v) is 6.43. The van der Waals surface area contributed by atoms with E-state index in [4.69, 9.17) is 26.2 Å². The predicted octanol–water partition coefficient (Wildman–Crippen LogP) is 9.29. The number of benzene rings is 4. The van der Waals surface area contributed by atoms with Gasteiger partial charge in [0.15, 0.2) is 0 Å². The first kappa shape index (κ1) is 30.9. The van der Waals surface area contributed by atoms with Gasteiger partial charge in [-0.1, -0.05) is 54.1 Å². The number of nitrogens with one attached hydrogen (secondary N) is 3. The maximum atomic E-state index is 8.85. The van der Waals surface area contributed by atoms with Crippen molar-refractivity contribution in [1.82, 2.24) is 9.97 Å². The van der Waals surface area contributed by atoms with E-state index in [0.29, 0.717) is 17.4 Å². The maximum absolute atomic E-state index is 8.85. The first-order valence-corrected chi connectivity index (χ1v) is 14.6. The van der Waals surface area contributed by atoms with Crippen molar-refractivity contribution in [1.29, 1.82) is 0 Å². The van der Waals surface area contributed by atoms with E-state index < -0.39 is 0 Å². The summed E-state index contributed by atoms with van der Waals surface area (Å²) < 4.78 is 11.5. The fourth-order valence-corrected chi connectivity index (χ4v) is 4.18. The van der Waals surface area contributed by atoms with Crippen LogP contribution in [0, 0.1) is 0 Å². The van der Waals surface area contributed by atoms with Crippen LogP contribution in [-0.2, 0) is 0 Å². The highest BCUT2D eigenvalue weighted by atomic mass is 35.5. The van der Waals surface area contributed by atoms with Crippen LogP contribution in [0.5, 0.6) is 23.0 Å². The topological polar surface area (TPSA) is 101 Å². The van der Waals surface area contributed by atoms with Crippen LogP contribution >= 0.6 is 11.6 Å². The molecule has 4 aromatic carbocycles. The normalized spacial score (nSPS) is 10.2. The average molecular weight is 618 g/mol. The van der Waals surface area contributed by atoms with Gasteiger partial charge in [-0.3, -0.25) is 0 Å². The van der Waals surface area contributed by atoms with Crippen LogP contribution in [0.25, 0.3) is 0 Å². The van der Waals surface area contributed by atoms with Gasteiger partial charge in [0.2, 0.25) is 0 Å². The van der Waals surface area contributed by atoms with Crippen molar-refractivity contribution in [3.05, 3.63) is 151 Å². The molecule has 0 bridgehead atoms. The number of nitrogens with zero attached hydrogens (tertiary/aromatic N) is 2. The van der Waals surface area contributed by atoms with Gasteiger partial charge in [0.05, 0.1) is 11.6 Å². The number of para-hydroxylation sites is 2. The first-order chi connectivity index (χ1) is 22.1. The lowest BCUT2D eigenvalue weighted by Crippen LogP contribution is -2.07. The van der Waals surface area contributed by atoms with Crippen LogP contribution < -0.4 is 25.4 Å². The van der Waals surface area contributed by atoms with Crippen LogP contribution in [0.4, 0.5) is 28.8 Å². The lowest BCUT2D eigenvalue weighted by atomic mass is 10.3. The molecule has 4 N–H and O–H groups in total. The molecular weight excluding hydrogens is 586 g/mol. The van der Waals surface area contributed by atoms with E-state index in [1.165, 1.54) is 0 Å². The van der Waals surface area contributed by atoms with Crippen LogP contribution in [0.1, 0.15) is 0 Å². The van der Waals surface area contributed by atoms with E-state index in [-0.39, 0.29) is 6.61 Å². The van der Waals surface area contributed by atoms with Crippen molar-refractivity contribution >= 4 is 40.4 Å². The Labute approximate surface area is 267 Å². The molecule has 0 radical (unpaired) electrons. The number of pyridine rings is 2. The molecule has 9 heteroatoms. The van der Waals surface area contributed by atoms with Gasteiger partial charge >= 0.3 is 0 Å². The Hall–Kier alpha value is -5.57. The summed E-state index contributed by atoms with van der Waals surface area (Å²) in [5.41, 5.74) is 1.82. The van der Waals surface area contributed by atoms with Crippen LogP contribution in [-0.4, -0.2) is 28.2 Å². The monoisotopic (exact) mass is 617 g/mol. The number of aliphatic hydroxyl groups is 1. The second-order valence-electron chi connectivity index (χ2n) is 9.52. The summed E-state index contributed by atoms with van der Waals surface area (Å²) in [6.07, 6.45) is 1.70. The second-order valence-corrected chi connectivity index (χ2v) is 9.93. The summed E-state index contributed by atoms with van der Waals surface area (Å²) >= 11 is 6.06. The number of anilines is 5. The fraction of sp³-hybridized carbons (Fsp3) is 0.0556. The maximum Gasteiger partial charge on any atom is 0.149 e. The molecule has 0 aliphatic rings. The summed E-state index contributed by atoms with van der Waals surface area (Å²) in [6, 6.07) is 43.9. The molecule has 0 saturated carbocycles. The second kappa shape index (κ2) is 16.3. The van der Waals surface area contributed by atoms with Crippen molar-refractivity contribution in [3.8, 4) is 23.0 Å². The molecule has 6 rings (SSSR count). The highest BCUT2D eigenvalue weighted by Gasteiger charge is 2.03. The minimum Gasteiger partial charge on any atom is -0.457 e. The Morgan fingerprint density at radius 2 is 1.09 bits per heavy atom. The average Bonchev–Trinajstić information content (AvgIpc) is 3.08. The van der Waals surface area contributed by atoms with Crippen LogP contribution in [0.2, 0.25) is 5.02 Å². The summed E-state index contributed by atoms with van der Waals surface area (Å²) in [4.78, 5) is 8.62. The Kier molecular flexibility index (Phi) is 11.2. The molecular formula is C36H32ClN5O3. The molecule has 0 unspecified atom stereocenters. The van der Waals surface area contributed by atoms with Crippen molar-refractivity contribution in [3.63, 3.8) is 0 Å². The molecule has 0 fully saturated rings. The van der Waals surface area contributed by atoms with Gasteiger partial charge < -0.3 is 30.5 Å². The molecule has 6 aromatic rings. The Morgan fingerprint density at radius 3 is 1.64 bits per heavy atom. The molecule has 226 valence electrons. The minimum absolute atomic E-state index is 0.0716. The molecule has 2 aromatic heterocycles. The lowest BCUT2D eigenvalue weighted by molar-refractivity contribution is 0.311. The van der Waals surface area contributed by atoms with Gasteiger partial charge in [-0.2, -0.15) is 0 Å². The standard InChI is InChI=1S/C19H19N3O2.C17H13ClN2O/c23-14-13-20-18-7-4-8-19(22-18)21-15-9-11-17(12-10-15)24-16-5-2-1-3-6-16;18-16-7-4-12-19-17(16)20-13-8-10-15(11-9-13)21-14-5-2-1-3-6-14/h1-12,23H,13-14H2,(H2,20,21,22);1-12H,(H,19,20). The fourth-order valence-electron chi connectivity index (χ4n) is 4.01. The number of aromatic nitrogens is 2. The summed E-state index contributed by atoms with van der Waals surface area (Å²) in [7, 11) is 0. The van der Waals surface area contributed by atoms with E-state index in [0.717, 1.165) is 46.0 Å². The van der Waals surface area contributed by atoms with Crippen molar-refractivity contribution in [2.24, 2.45) is 0 Å². The van der Waals surface area contributed by atoms with Crippen molar-refractivity contribution < 1.29 is 14.6 Å². The number of hydrogen-bond acceptors (Lipinski definition) is 8. The Bertz CT molecular complexity index is 1740. The Balaban J connectivity index is 0.000000179. The molecule has 8 nitrogen and oxygen atoms in total. The number of ether oxygens (including phenoxy) is 2. The zero-order valence-corrected chi connectivity index (χ0v) is 25.1. The van der Waals surface area contributed by atoms with E-state index in [2.05, 4.69) is 25.9 Å². The molecule has 0 spiro atoms. The van der Waals surface area contributed by atoms with Crippen LogP contribution in [0.15, 0.2) is 146 Å². The highest BCUT2D eigenvalue weighted by Crippen LogP contribution is 2.27. The van der Waals surface area contributed by atoms with Gasteiger partial charge in [0.1, 0.15) is 40.5 Å². The smallest absolute Gasteiger partial charge is 0.149 e. The van der Waals surface area contributed by atoms with Gasteiger partial charge in [-0.25, -0.2) is 9.97 Å². The molecule has 2 heterocycles. The first-order valence-electron chi connectivity index (χ1n) is 14.3. The Morgan fingerprint density at radius 1 is 0.556 bits per heavy atom. The van der Waals surface area contributed by atoms with E-state index in [1.54, 1.807) is 18.3 Å². The molecule has 0 aliphatic carbocycles. The molecule has 0 aliphatic heterocycles. The number of halogens is 1. The number of aliphatic hydroxyl groups excluding tert-OH is 1. The van der Waals surface area contributed by atoms with Crippen LogP contribution in [0.3, 0.4) is 0 Å². The molecule has 45 heavy (non-hydrogen) atoms. The predicted molar refractivity (Wildman–Crippen MR) is 182 cm³/mol. The molecule has 0 atom stereocenters. The zero-order valence-electron chi connectivity index (χ0n) is 24.3. The lowest BCUT2D eigenvalue weighted by Gasteiger charge is -2.10. The zero-order chi connectivity index (χ0) is 31.1. The summed E-state index contributed by atoms with van der Waals surface area (Å²) in [5, 5.41) is 18.9. The number of rotatable bonds is 11. The summed E-state index contributed by atoms with van der Waals surface area (Å²) in [5.74, 6) is 5.26. The van der Waals surface area contributed by atoms with E-state index in [9.17, 15) is 0 Å². The highest BCUT2D eigenvalue weighted by molar-refractivity contribution is 6.33. The molecule has 0 saturated heterocycles. The van der Waals surface area contributed by atoms with E-state index in [1.807, 2.05) is 127 Å². The quantitative estimate of drug-likeness (QED) is 0.114. The minimum atomic E-state index is 0.0716. The van der Waals surface area contributed by atoms with Gasteiger partial charge in [0, 0.05) is 24.1 Å². The SMILES string of the molecule is Clc1cccnc1Nc1ccc(Oc2ccccc2)cc1.OCCNc1cccc(Nc2ccc(Oc3ccccc3)cc2)n1. The van der Waals surface area contributed by atoms with Gasteiger partial charge in [-0.05, 0) is 97.1 Å². The van der Waals surface area contributed by atoms with E-state index >= 15 is 0 Å². The third-order valence-electron chi connectivity index (χ3n) is 6.13. The van der Waals surface area contributed by atoms with Gasteiger partial charge in [-0.15, -0.1) is 0 Å². The summed E-state index contributed by atoms with van der Waals surface area (Å²) in [6.45, 7) is 0.546. The van der Waals surface area contributed by atoms with Crippen molar-refractivity contribution in [2.45, 2.75) is 0 Å². The van der Waals surface area contributed by atoms with Gasteiger partial charge in [0.25, 0.3) is 0 Å².